The van der Waals surface area contributed by atoms with Crippen LogP contribution in [0.25, 0.3) is 0 Å². The van der Waals surface area contributed by atoms with Crippen molar-refractivity contribution in [3.63, 3.8) is 0 Å². The van der Waals surface area contributed by atoms with Crippen LogP contribution < -0.4 is 10.5 Å². The molecule has 0 aliphatic carbocycles. The Morgan fingerprint density at radius 2 is 2.27 bits per heavy atom. The second-order valence-corrected chi connectivity index (χ2v) is 4.71. The molecule has 15 heavy (non-hydrogen) atoms. The number of aryl methyl sites for hydroxylation is 1. The fourth-order valence-electron chi connectivity index (χ4n) is 1.24. The van der Waals surface area contributed by atoms with Crippen molar-refractivity contribution in [2.45, 2.75) is 26.4 Å². The lowest BCUT2D eigenvalue weighted by molar-refractivity contribution is 0.262. The van der Waals surface area contributed by atoms with Gasteiger partial charge in [-0.3, -0.25) is 0 Å². The van der Waals surface area contributed by atoms with E-state index >= 15 is 0 Å². The SMILES string of the molecule is CCC(Oc1ccc(Br)cc1C)C(N)=S. The van der Waals surface area contributed by atoms with Crippen molar-refractivity contribution in [3.05, 3.63) is 28.2 Å². The molecule has 0 aliphatic rings. The standard InChI is InChI=1S/C11H14BrNOS/c1-3-9(11(13)15)14-10-5-4-8(12)6-7(10)2/h4-6,9H,3H2,1-2H3,(H2,13,15). The molecule has 0 fully saturated rings. The Morgan fingerprint density at radius 1 is 1.60 bits per heavy atom. The number of halogens is 1. The molecule has 1 unspecified atom stereocenters. The van der Waals surface area contributed by atoms with Gasteiger partial charge in [-0.1, -0.05) is 35.1 Å². The maximum atomic E-state index is 5.72. The predicted octanol–water partition coefficient (Wildman–Crippen LogP) is 3.20. The Kier molecular flexibility index (Phi) is 4.54. The largest absolute Gasteiger partial charge is 0.483 e. The summed E-state index contributed by atoms with van der Waals surface area (Å²) in [6.45, 7) is 3.99. The normalized spacial score (nSPS) is 12.2. The van der Waals surface area contributed by atoms with Crippen LogP contribution in [0, 0.1) is 6.92 Å². The van der Waals surface area contributed by atoms with Gasteiger partial charge in [-0.05, 0) is 37.1 Å². The highest BCUT2D eigenvalue weighted by Gasteiger charge is 2.12. The van der Waals surface area contributed by atoms with Crippen molar-refractivity contribution in [2.24, 2.45) is 5.73 Å². The van der Waals surface area contributed by atoms with Crippen molar-refractivity contribution in [1.82, 2.24) is 0 Å². The van der Waals surface area contributed by atoms with Crippen molar-refractivity contribution < 1.29 is 4.74 Å². The van der Waals surface area contributed by atoms with Crippen LogP contribution in [0.15, 0.2) is 22.7 Å². The number of thiocarbonyl (C=S) groups is 1. The molecule has 0 aliphatic heterocycles. The van der Waals surface area contributed by atoms with Crippen LogP contribution in [0.3, 0.4) is 0 Å². The summed E-state index contributed by atoms with van der Waals surface area (Å²) in [6.07, 6.45) is 0.602. The Balaban J connectivity index is 2.84. The molecule has 4 heteroatoms. The highest BCUT2D eigenvalue weighted by molar-refractivity contribution is 9.10. The van der Waals surface area contributed by atoms with Gasteiger partial charge in [-0.25, -0.2) is 0 Å². The van der Waals surface area contributed by atoms with E-state index in [4.69, 9.17) is 22.7 Å². The lowest BCUT2D eigenvalue weighted by Gasteiger charge is -2.17. The van der Waals surface area contributed by atoms with E-state index in [1.165, 1.54) is 0 Å². The first-order valence-electron chi connectivity index (χ1n) is 4.76. The summed E-state index contributed by atoms with van der Waals surface area (Å²) >= 11 is 8.33. The van der Waals surface area contributed by atoms with Crippen LogP contribution in [0.2, 0.25) is 0 Å². The monoisotopic (exact) mass is 287 g/mol. The van der Waals surface area contributed by atoms with Gasteiger partial charge in [0.2, 0.25) is 0 Å². The molecule has 1 atom stereocenters. The van der Waals surface area contributed by atoms with Crippen molar-refractivity contribution >= 4 is 33.1 Å². The molecule has 2 N–H and O–H groups in total. The summed E-state index contributed by atoms with van der Waals surface area (Å²) in [6, 6.07) is 5.86. The first-order chi connectivity index (χ1) is 7.04. The zero-order chi connectivity index (χ0) is 11.4. The fourth-order valence-corrected chi connectivity index (χ4v) is 1.93. The third-order valence-electron chi connectivity index (χ3n) is 2.09. The summed E-state index contributed by atoms with van der Waals surface area (Å²) in [4.78, 5) is 0.403. The second kappa shape index (κ2) is 5.47. The maximum absolute atomic E-state index is 5.72. The minimum absolute atomic E-state index is 0.181. The molecule has 2 nitrogen and oxygen atoms in total. The van der Waals surface area contributed by atoms with E-state index in [1.807, 2.05) is 32.0 Å². The average molecular weight is 288 g/mol. The molecule has 0 amide bonds. The van der Waals surface area contributed by atoms with Crippen molar-refractivity contribution in [2.75, 3.05) is 0 Å². The van der Waals surface area contributed by atoms with Gasteiger partial charge in [0.25, 0.3) is 0 Å². The third-order valence-corrected chi connectivity index (χ3v) is 2.85. The summed E-state index contributed by atoms with van der Waals surface area (Å²) in [5.41, 5.74) is 6.64. The molecular weight excluding hydrogens is 274 g/mol. The molecular formula is C11H14BrNOS. The lowest BCUT2D eigenvalue weighted by atomic mass is 10.2. The molecule has 0 saturated carbocycles. The van der Waals surface area contributed by atoms with Crippen LogP contribution in [0.1, 0.15) is 18.9 Å². The third kappa shape index (κ3) is 3.47. The number of ether oxygens (including phenoxy) is 1. The predicted molar refractivity (Wildman–Crippen MR) is 70.4 cm³/mol. The Bertz CT molecular complexity index is 368. The zero-order valence-electron chi connectivity index (χ0n) is 8.79. The van der Waals surface area contributed by atoms with Crippen molar-refractivity contribution in [3.8, 4) is 5.75 Å². The van der Waals surface area contributed by atoms with E-state index < -0.39 is 0 Å². The number of nitrogens with two attached hydrogens (primary N) is 1. The highest BCUT2D eigenvalue weighted by Crippen LogP contribution is 2.23. The molecule has 1 aromatic rings. The lowest BCUT2D eigenvalue weighted by Crippen LogP contribution is -2.31. The Labute approximate surface area is 104 Å². The van der Waals surface area contributed by atoms with E-state index in [2.05, 4.69) is 15.9 Å². The molecule has 0 saturated heterocycles. The number of rotatable bonds is 4. The minimum atomic E-state index is -0.181. The van der Waals surface area contributed by atoms with E-state index in [9.17, 15) is 0 Å². The molecule has 1 rings (SSSR count). The van der Waals surface area contributed by atoms with Gasteiger partial charge < -0.3 is 10.5 Å². The zero-order valence-corrected chi connectivity index (χ0v) is 11.2. The van der Waals surface area contributed by atoms with Gasteiger partial charge >= 0.3 is 0 Å². The minimum Gasteiger partial charge on any atom is -0.483 e. The van der Waals surface area contributed by atoms with E-state index in [1.54, 1.807) is 0 Å². The average Bonchev–Trinajstić information content (AvgIpc) is 2.16. The van der Waals surface area contributed by atoms with E-state index in [-0.39, 0.29) is 6.10 Å². The van der Waals surface area contributed by atoms with Gasteiger partial charge in [-0.2, -0.15) is 0 Å². The van der Waals surface area contributed by atoms with Crippen LogP contribution in [0.5, 0.6) is 5.75 Å². The molecule has 0 bridgehead atoms. The first-order valence-corrected chi connectivity index (χ1v) is 5.96. The molecule has 0 aromatic heterocycles. The quantitative estimate of drug-likeness (QED) is 0.864. The number of hydrogen-bond acceptors (Lipinski definition) is 2. The Hall–Kier alpha value is -0.610. The number of benzene rings is 1. The molecule has 0 radical (unpaired) electrons. The van der Waals surface area contributed by atoms with Gasteiger partial charge in [0.15, 0.2) is 0 Å². The molecule has 0 spiro atoms. The summed E-state index contributed by atoms with van der Waals surface area (Å²) in [5.74, 6) is 0.831. The summed E-state index contributed by atoms with van der Waals surface area (Å²) < 4.78 is 6.76. The van der Waals surface area contributed by atoms with E-state index in [0.717, 1.165) is 22.2 Å². The van der Waals surface area contributed by atoms with Crippen molar-refractivity contribution in [1.29, 1.82) is 0 Å². The smallest absolute Gasteiger partial charge is 0.148 e. The van der Waals surface area contributed by atoms with Crippen LogP contribution in [-0.2, 0) is 0 Å². The van der Waals surface area contributed by atoms with E-state index in [0.29, 0.717) is 4.99 Å². The first kappa shape index (κ1) is 12.5. The summed E-state index contributed by atoms with van der Waals surface area (Å²) in [7, 11) is 0. The van der Waals surface area contributed by atoms with Gasteiger partial charge in [-0.15, -0.1) is 0 Å². The molecule has 0 heterocycles. The Morgan fingerprint density at radius 3 is 2.73 bits per heavy atom. The topological polar surface area (TPSA) is 35.2 Å². The number of hydrogen-bond donors (Lipinski definition) is 1. The maximum Gasteiger partial charge on any atom is 0.148 e. The fraction of sp³-hybridized carbons (Fsp3) is 0.364. The van der Waals surface area contributed by atoms with Crippen LogP contribution in [-0.4, -0.2) is 11.1 Å². The van der Waals surface area contributed by atoms with Gasteiger partial charge in [0.05, 0.1) is 0 Å². The molecule has 1 aromatic carbocycles. The highest BCUT2D eigenvalue weighted by atomic mass is 79.9. The van der Waals surface area contributed by atoms with Crippen LogP contribution in [0.4, 0.5) is 0 Å². The molecule has 82 valence electrons. The van der Waals surface area contributed by atoms with Gasteiger partial charge in [0, 0.05) is 4.47 Å². The summed E-state index contributed by atoms with van der Waals surface area (Å²) in [5, 5.41) is 0. The second-order valence-electron chi connectivity index (χ2n) is 3.33. The van der Waals surface area contributed by atoms with Crippen LogP contribution >= 0.6 is 28.1 Å². The van der Waals surface area contributed by atoms with Gasteiger partial charge in [0.1, 0.15) is 16.8 Å².